The van der Waals surface area contributed by atoms with Crippen LogP contribution in [0.25, 0.3) is 22.4 Å². The second-order valence-corrected chi connectivity index (χ2v) is 5.83. The van der Waals surface area contributed by atoms with Gasteiger partial charge in [-0.1, -0.05) is 74.5 Å². The molecule has 23 heavy (non-hydrogen) atoms. The largest absolute Gasteiger partial charge is 0.344 e. The zero-order chi connectivity index (χ0) is 16.2. The minimum Gasteiger partial charge on any atom is -0.344 e. The summed E-state index contributed by atoms with van der Waals surface area (Å²) in [6.07, 6.45) is 2.14. The molecule has 0 aliphatic carbocycles. The lowest BCUT2D eigenvalue weighted by Crippen LogP contribution is -2.02. The van der Waals surface area contributed by atoms with Crippen molar-refractivity contribution in [1.82, 2.24) is 4.57 Å². The van der Waals surface area contributed by atoms with Crippen molar-refractivity contribution in [3.63, 3.8) is 0 Å². The van der Waals surface area contributed by atoms with Crippen LogP contribution in [0.15, 0.2) is 60.7 Å². The molecule has 0 spiro atoms. The number of nitrogens with zero attached hydrogens (tertiary/aromatic N) is 1. The lowest BCUT2D eigenvalue weighted by atomic mass is 9.95. The van der Waals surface area contributed by atoms with E-state index in [1.54, 1.807) is 0 Å². The molecule has 1 nitrogen and oxygen atoms in total. The van der Waals surface area contributed by atoms with E-state index in [9.17, 15) is 0 Å². The van der Waals surface area contributed by atoms with Crippen molar-refractivity contribution in [2.45, 2.75) is 40.2 Å². The standard InChI is InChI=1S/C22H25N/c1-4-19-20(5-2)23(6-3)22(18-15-11-8-12-16-18)21(19)17-13-9-7-10-14-17/h7-16H,4-6H2,1-3H3. The molecule has 0 N–H and O–H groups in total. The van der Waals surface area contributed by atoms with Crippen LogP contribution in [0.4, 0.5) is 0 Å². The summed E-state index contributed by atoms with van der Waals surface area (Å²) in [5.74, 6) is 0. The van der Waals surface area contributed by atoms with E-state index in [2.05, 4.69) is 86.0 Å². The Labute approximate surface area is 139 Å². The van der Waals surface area contributed by atoms with E-state index in [0.717, 1.165) is 19.4 Å². The van der Waals surface area contributed by atoms with Crippen molar-refractivity contribution in [1.29, 1.82) is 0 Å². The third kappa shape index (κ3) is 2.72. The average Bonchev–Trinajstić information content (AvgIpc) is 2.96. The highest BCUT2D eigenvalue weighted by molar-refractivity contribution is 5.85. The van der Waals surface area contributed by atoms with E-state index >= 15 is 0 Å². The summed E-state index contributed by atoms with van der Waals surface area (Å²) in [6.45, 7) is 7.80. The fourth-order valence-corrected chi connectivity index (χ4v) is 3.67. The molecule has 0 unspecified atom stereocenters. The second-order valence-electron chi connectivity index (χ2n) is 5.83. The van der Waals surface area contributed by atoms with Crippen LogP contribution in [0.1, 0.15) is 32.0 Å². The van der Waals surface area contributed by atoms with Crippen LogP contribution < -0.4 is 0 Å². The summed E-state index contributed by atoms with van der Waals surface area (Å²) in [4.78, 5) is 0. The van der Waals surface area contributed by atoms with E-state index in [4.69, 9.17) is 0 Å². The maximum atomic E-state index is 2.51. The van der Waals surface area contributed by atoms with Crippen molar-refractivity contribution in [3.05, 3.63) is 71.9 Å². The fourth-order valence-electron chi connectivity index (χ4n) is 3.67. The fraction of sp³-hybridized carbons (Fsp3) is 0.273. The Balaban J connectivity index is 2.38. The van der Waals surface area contributed by atoms with Gasteiger partial charge in [-0.3, -0.25) is 0 Å². The molecule has 0 atom stereocenters. The van der Waals surface area contributed by atoms with Gasteiger partial charge in [0.1, 0.15) is 0 Å². The first-order valence-corrected chi connectivity index (χ1v) is 8.66. The minimum absolute atomic E-state index is 1.01. The summed E-state index contributed by atoms with van der Waals surface area (Å²) >= 11 is 0. The van der Waals surface area contributed by atoms with Crippen molar-refractivity contribution in [3.8, 4) is 22.4 Å². The Morgan fingerprint density at radius 1 is 0.696 bits per heavy atom. The van der Waals surface area contributed by atoms with E-state index < -0.39 is 0 Å². The summed E-state index contributed by atoms with van der Waals surface area (Å²) in [6, 6.07) is 21.7. The molecule has 0 radical (unpaired) electrons. The number of benzene rings is 2. The van der Waals surface area contributed by atoms with Crippen LogP contribution >= 0.6 is 0 Å². The summed E-state index contributed by atoms with van der Waals surface area (Å²) in [5.41, 5.74) is 8.39. The maximum Gasteiger partial charge on any atom is 0.0564 e. The molecule has 0 bridgehead atoms. The maximum absolute atomic E-state index is 2.51. The van der Waals surface area contributed by atoms with Gasteiger partial charge in [0.15, 0.2) is 0 Å². The molecule has 2 aromatic carbocycles. The zero-order valence-electron chi connectivity index (χ0n) is 14.3. The first-order valence-electron chi connectivity index (χ1n) is 8.66. The molecule has 118 valence electrons. The summed E-state index contributed by atoms with van der Waals surface area (Å²) in [5, 5.41) is 0. The second kappa shape index (κ2) is 6.87. The van der Waals surface area contributed by atoms with Gasteiger partial charge < -0.3 is 4.57 Å². The molecule has 1 aromatic heterocycles. The highest BCUT2D eigenvalue weighted by atomic mass is 15.0. The Morgan fingerprint density at radius 2 is 1.26 bits per heavy atom. The summed E-state index contributed by atoms with van der Waals surface area (Å²) in [7, 11) is 0. The minimum atomic E-state index is 1.01. The average molecular weight is 303 g/mol. The van der Waals surface area contributed by atoms with Crippen LogP contribution in [-0.2, 0) is 19.4 Å². The molecule has 1 heterocycles. The molecule has 1 heteroatoms. The molecule has 0 fully saturated rings. The Bertz CT molecular complexity index is 702. The first kappa shape index (κ1) is 15.6. The predicted octanol–water partition coefficient (Wildman–Crippen LogP) is 5.97. The van der Waals surface area contributed by atoms with Gasteiger partial charge in [0.2, 0.25) is 0 Å². The highest BCUT2D eigenvalue weighted by Gasteiger charge is 2.21. The van der Waals surface area contributed by atoms with Gasteiger partial charge in [-0.05, 0) is 36.5 Å². The Hall–Kier alpha value is -2.28. The molecule has 3 aromatic rings. The van der Waals surface area contributed by atoms with E-state index in [0.29, 0.717) is 0 Å². The summed E-state index contributed by atoms with van der Waals surface area (Å²) < 4.78 is 2.51. The molecule has 0 saturated carbocycles. The van der Waals surface area contributed by atoms with Gasteiger partial charge in [-0.15, -0.1) is 0 Å². The number of hydrogen-bond acceptors (Lipinski definition) is 0. The van der Waals surface area contributed by atoms with Gasteiger partial charge in [0.25, 0.3) is 0 Å². The number of rotatable bonds is 5. The van der Waals surface area contributed by atoms with Crippen molar-refractivity contribution < 1.29 is 0 Å². The molecule has 0 aliphatic heterocycles. The number of aromatic nitrogens is 1. The SMILES string of the molecule is CCc1c(-c2ccccc2)c(-c2ccccc2)n(CC)c1CC. The normalized spacial score (nSPS) is 10.9. The van der Waals surface area contributed by atoms with Gasteiger partial charge in [0, 0.05) is 17.8 Å². The lowest BCUT2D eigenvalue weighted by molar-refractivity contribution is 0.722. The van der Waals surface area contributed by atoms with E-state index in [1.807, 2.05) is 0 Å². The van der Waals surface area contributed by atoms with Crippen LogP contribution in [0, 0.1) is 0 Å². The monoisotopic (exact) mass is 303 g/mol. The molecular formula is C22H25N. The molecule has 0 amide bonds. The van der Waals surface area contributed by atoms with E-state index in [1.165, 1.54) is 33.6 Å². The van der Waals surface area contributed by atoms with Crippen LogP contribution in [-0.4, -0.2) is 4.57 Å². The molecule has 0 aliphatic rings. The zero-order valence-corrected chi connectivity index (χ0v) is 14.3. The van der Waals surface area contributed by atoms with Crippen LogP contribution in [0.2, 0.25) is 0 Å². The van der Waals surface area contributed by atoms with Crippen molar-refractivity contribution >= 4 is 0 Å². The quantitative estimate of drug-likeness (QED) is 0.547. The van der Waals surface area contributed by atoms with Crippen LogP contribution in [0.3, 0.4) is 0 Å². The topological polar surface area (TPSA) is 4.93 Å². The first-order chi connectivity index (χ1) is 11.3. The molecule has 0 saturated heterocycles. The van der Waals surface area contributed by atoms with Gasteiger partial charge in [-0.25, -0.2) is 0 Å². The smallest absolute Gasteiger partial charge is 0.0564 e. The Morgan fingerprint density at radius 3 is 1.74 bits per heavy atom. The predicted molar refractivity (Wildman–Crippen MR) is 99.7 cm³/mol. The lowest BCUT2D eigenvalue weighted by Gasteiger charge is -2.12. The molecule has 3 rings (SSSR count). The highest BCUT2D eigenvalue weighted by Crippen LogP contribution is 2.39. The van der Waals surface area contributed by atoms with Gasteiger partial charge in [-0.2, -0.15) is 0 Å². The van der Waals surface area contributed by atoms with Gasteiger partial charge >= 0.3 is 0 Å². The van der Waals surface area contributed by atoms with Gasteiger partial charge in [0.05, 0.1) is 5.69 Å². The van der Waals surface area contributed by atoms with Crippen LogP contribution in [0.5, 0.6) is 0 Å². The third-order valence-electron chi connectivity index (χ3n) is 4.60. The number of hydrogen-bond donors (Lipinski definition) is 0. The van der Waals surface area contributed by atoms with Crippen molar-refractivity contribution in [2.75, 3.05) is 0 Å². The van der Waals surface area contributed by atoms with Crippen molar-refractivity contribution in [2.24, 2.45) is 0 Å². The Kier molecular flexibility index (Phi) is 4.66. The third-order valence-corrected chi connectivity index (χ3v) is 4.60. The van der Waals surface area contributed by atoms with E-state index in [-0.39, 0.29) is 0 Å². The molecular weight excluding hydrogens is 278 g/mol.